The van der Waals surface area contributed by atoms with E-state index in [1.807, 2.05) is 6.08 Å². The summed E-state index contributed by atoms with van der Waals surface area (Å²) in [4.78, 5) is 0. The second-order valence-corrected chi connectivity index (χ2v) is 7.50. The summed E-state index contributed by atoms with van der Waals surface area (Å²) < 4.78 is 1.51. The van der Waals surface area contributed by atoms with Crippen LogP contribution >= 0.6 is 0 Å². The summed E-state index contributed by atoms with van der Waals surface area (Å²) in [6, 6.07) is 0. The van der Waals surface area contributed by atoms with Crippen molar-refractivity contribution in [3.05, 3.63) is 47.1 Å². The first-order valence-electron chi connectivity index (χ1n) is 6.35. The van der Waals surface area contributed by atoms with Crippen LogP contribution < -0.4 is 24.8 Å². The predicted octanol–water partition coefficient (Wildman–Crippen LogP) is -1.22. The number of halogens is 2. The average Bonchev–Trinajstić information content (AvgIpc) is 2.76. The summed E-state index contributed by atoms with van der Waals surface area (Å²) in [5, 5.41) is 0. The number of allylic oxidation sites excluding steroid dienone is 8. The van der Waals surface area contributed by atoms with Gasteiger partial charge in [-0.2, -0.15) is 11.6 Å². The molecule has 1 atom stereocenters. The second-order valence-electron chi connectivity index (χ2n) is 5.04. The third kappa shape index (κ3) is 16.3. The molecule has 0 nitrogen and oxygen atoms in total. The average molecular weight is 391 g/mol. The Morgan fingerprint density at radius 3 is 1.80 bits per heavy atom. The fraction of sp³-hybridized carbons (Fsp3) is 0.471. The minimum atomic E-state index is 0. The van der Waals surface area contributed by atoms with Crippen LogP contribution in [-0.2, 0) is 24.2 Å². The van der Waals surface area contributed by atoms with Gasteiger partial charge in [-0.15, -0.1) is 13.3 Å². The summed E-state index contributed by atoms with van der Waals surface area (Å²) >= 11 is 1.55. The molecule has 20 heavy (non-hydrogen) atoms. The van der Waals surface area contributed by atoms with Crippen LogP contribution in [0.25, 0.3) is 0 Å². The summed E-state index contributed by atoms with van der Waals surface area (Å²) in [5.41, 5.74) is 4.06. The van der Waals surface area contributed by atoms with E-state index in [1.54, 1.807) is 24.2 Å². The van der Waals surface area contributed by atoms with Crippen LogP contribution in [0.5, 0.6) is 0 Å². The van der Waals surface area contributed by atoms with E-state index in [2.05, 4.69) is 65.8 Å². The molecule has 0 aromatic carbocycles. The van der Waals surface area contributed by atoms with E-state index in [0.717, 1.165) is 6.42 Å². The minimum absolute atomic E-state index is 0. The Kier molecular flexibility index (Phi) is 18.0. The molecule has 0 saturated carbocycles. The maximum atomic E-state index is 3.19. The van der Waals surface area contributed by atoms with Crippen LogP contribution in [0.1, 0.15) is 48.0 Å². The van der Waals surface area contributed by atoms with Crippen molar-refractivity contribution < 1.29 is 49.0 Å². The van der Waals surface area contributed by atoms with Gasteiger partial charge < -0.3 is 24.8 Å². The van der Waals surface area contributed by atoms with Gasteiger partial charge in [-0.1, -0.05) is 26.7 Å². The van der Waals surface area contributed by atoms with E-state index in [9.17, 15) is 0 Å². The van der Waals surface area contributed by atoms with Gasteiger partial charge in [0, 0.05) is 0 Å². The first-order chi connectivity index (χ1) is 8.31. The molecule has 0 fully saturated rings. The molecule has 0 amide bonds. The van der Waals surface area contributed by atoms with Crippen molar-refractivity contribution in [2.75, 3.05) is 0 Å². The van der Waals surface area contributed by atoms with Gasteiger partial charge in [0.25, 0.3) is 0 Å². The summed E-state index contributed by atoms with van der Waals surface area (Å²) in [5.74, 6) is 0.556. The van der Waals surface area contributed by atoms with Gasteiger partial charge in [0.2, 0.25) is 0 Å². The molecule has 2 rings (SSSR count). The maximum Gasteiger partial charge on any atom is -1.00 e. The van der Waals surface area contributed by atoms with Gasteiger partial charge in [-0.25, -0.2) is 23.3 Å². The zero-order valence-electron chi connectivity index (χ0n) is 13.3. The van der Waals surface area contributed by atoms with Gasteiger partial charge in [0.1, 0.15) is 0 Å². The molecule has 2 aliphatic carbocycles. The molecule has 0 bridgehead atoms. The standard InChI is InChI=1S/2C7H9.C3H6.2ClH.Zr/c2*1-6-3-4-7(2)5-6;1-3-2;;;/h5H,3H2,1-2H3;3,5,7H,1-2H3;1-2H3;2*1H;/q2*-1;;;;+2/p-2. The smallest absolute Gasteiger partial charge is 1.00 e. The van der Waals surface area contributed by atoms with Crippen molar-refractivity contribution >= 4 is 3.21 Å². The molecule has 0 N–H and O–H groups in total. The maximum absolute atomic E-state index is 3.19. The molecule has 0 aliphatic heterocycles. The Balaban J connectivity index is -0.000000215. The van der Waals surface area contributed by atoms with E-state index in [-0.39, 0.29) is 24.8 Å². The normalized spacial score (nSPS) is 18.0. The van der Waals surface area contributed by atoms with Crippen LogP contribution in [0.15, 0.2) is 34.9 Å². The van der Waals surface area contributed by atoms with E-state index in [0.29, 0.717) is 5.92 Å². The van der Waals surface area contributed by atoms with Crippen LogP contribution in [0, 0.1) is 18.1 Å². The monoisotopic (exact) mass is 388 g/mol. The van der Waals surface area contributed by atoms with Gasteiger partial charge in [-0.3, -0.25) is 12.2 Å². The van der Waals surface area contributed by atoms with Gasteiger partial charge >= 0.3 is 41.3 Å². The summed E-state index contributed by atoms with van der Waals surface area (Å²) in [7, 11) is 0. The molecular formula is C17H24Cl2Zr-2. The van der Waals surface area contributed by atoms with Crippen LogP contribution in [-0.4, -0.2) is 3.21 Å². The third-order valence-electron chi connectivity index (χ3n) is 2.20. The Morgan fingerprint density at radius 2 is 1.70 bits per heavy atom. The second kappa shape index (κ2) is 14.2. The zero-order chi connectivity index (χ0) is 14.1. The van der Waals surface area contributed by atoms with Gasteiger partial charge in [0.15, 0.2) is 0 Å². The predicted molar refractivity (Wildman–Crippen MR) is 77.9 cm³/mol. The molecule has 3 heteroatoms. The molecular weight excluding hydrogens is 366 g/mol. The van der Waals surface area contributed by atoms with Crippen molar-refractivity contribution in [1.82, 2.24) is 0 Å². The largest absolute Gasteiger partial charge is 1.00 e. The molecule has 0 saturated heterocycles. The fourth-order valence-corrected chi connectivity index (χ4v) is 1.50. The van der Waals surface area contributed by atoms with Crippen LogP contribution in [0.4, 0.5) is 0 Å². The van der Waals surface area contributed by atoms with E-state index >= 15 is 0 Å². The Labute approximate surface area is 152 Å². The Bertz CT molecular complexity index is 397. The SMILES string of the molecule is CC1=CC(C)[C-]=C1.CC1=[C-]CC(C)=C1.C[C](C)=[Zr+2].[Cl-].[Cl-]. The first kappa shape index (κ1) is 25.3. The molecule has 0 heterocycles. The van der Waals surface area contributed by atoms with Crippen molar-refractivity contribution in [2.45, 2.75) is 48.0 Å². The molecule has 0 radical (unpaired) electrons. The summed E-state index contributed by atoms with van der Waals surface area (Å²) in [6.45, 7) is 12.7. The van der Waals surface area contributed by atoms with Crippen LogP contribution in [0.3, 0.4) is 0 Å². The van der Waals surface area contributed by atoms with Crippen molar-refractivity contribution in [3.8, 4) is 0 Å². The molecule has 2 aliphatic rings. The minimum Gasteiger partial charge on any atom is -1.00 e. The molecule has 1 unspecified atom stereocenters. The first-order valence-corrected chi connectivity index (χ1v) is 7.58. The van der Waals surface area contributed by atoms with Crippen molar-refractivity contribution in [3.63, 3.8) is 0 Å². The zero-order valence-corrected chi connectivity index (χ0v) is 17.2. The Hall–Kier alpha value is 0.293. The van der Waals surface area contributed by atoms with E-state index in [4.69, 9.17) is 0 Å². The Morgan fingerprint density at radius 1 is 1.20 bits per heavy atom. The summed E-state index contributed by atoms with van der Waals surface area (Å²) in [6.07, 6.45) is 13.8. The van der Waals surface area contributed by atoms with Crippen molar-refractivity contribution in [1.29, 1.82) is 0 Å². The van der Waals surface area contributed by atoms with Gasteiger partial charge in [0.05, 0.1) is 0 Å². The number of rotatable bonds is 0. The molecule has 0 aromatic rings. The van der Waals surface area contributed by atoms with E-state index in [1.165, 1.54) is 19.9 Å². The van der Waals surface area contributed by atoms with Gasteiger partial charge in [-0.05, 0) is 0 Å². The number of hydrogen-bond donors (Lipinski definition) is 0. The topological polar surface area (TPSA) is 0 Å². The van der Waals surface area contributed by atoms with Crippen LogP contribution in [0.2, 0.25) is 0 Å². The van der Waals surface area contributed by atoms with E-state index < -0.39 is 0 Å². The number of hydrogen-bond acceptors (Lipinski definition) is 0. The molecule has 0 spiro atoms. The quantitative estimate of drug-likeness (QED) is 0.455. The molecule has 112 valence electrons. The third-order valence-corrected chi connectivity index (χ3v) is 2.20. The molecule has 0 aromatic heterocycles. The van der Waals surface area contributed by atoms with Crippen molar-refractivity contribution in [2.24, 2.45) is 5.92 Å². The fourth-order valence-electron chi connectivity index (χ4n) is 1.50.